The Hall–Kier alpha value is -2.87. The lowest BCUT2D eigenvalue weighted by atomic mass is 10.1. The van der Waals surface area contributed by atoms with Crippen molar-refractivity contribution in [3.63, 3.8) is 0 Å². The largest absolute Gasteiger partial charge is 0.289 e. The average molecular weight is 396 g/mol. The van der Waals surface area contributed by atoms with Crippen molar-refractivity contribution in [1.29, 1.82) is 5.26 Å². The van der Waals surface area contributed by atoms with Crippen LogP contribution in [0.15, 0.2) is 60.8 Å². The summed E-state index contributed by atoms with van der Waals surface area (Å²) in [6.45, 7) is 0.484. The molecule has 0 aliphatic carbocycles. The number of allylic oxidation sites excluding steroid dienone is 1. The van der Waals surface area contributed by atoms with Gasteiger partial charge in [-0.1, -0.05) is 53.5 Å². The van der Waals surface area contributed by atoms with Gasteiger partial charge in [0, 0.05) is 27.9 Å². The van der Waals surface area contributed by atoms with Gasteiger partial charge in [-0.05, 0) is 30.4 Å². The molecule has 6 heteroatoms. The summed E-state index contributed by atoms with van der Waals surface area (Å²) in [7, 11) is 0. The molecule has 3 aromatic rings. The van der Waals surface area contributed by atoms with Crippen molar-refractivity contribution < 1.29 is 4.79 Å². The number of aryl methyl sites for hydroxylation is 1. The number of nitriles is 1. The van der Waals surface area contributed by atoms with E-state index in [0.717, 1.165) is 16.8 Å². The molecule has 0 unspecified atom stereocenters. The second-order valence-electron chi connectivity index (χ2n) is 5.79. The van der Waals surface area contributed by atoms with E-state index in [1.807, 2.05) is 36.5 Å². The van der Waals surface area contributed by atoms with E-state index in [2.05, 4.69) is 11.2 Å². The Morgan fingerprint density at radius 1 is 1.19 bits per heavy atom. The normalized spacial score (nSPS) is 10.9. The number of carbonyl (C=O) groups excluding carboxylic acids is 1. The van der Waals surface area contributed by atoms with E-state index < -0.39 is 0 Å². The summed E-state index contributed by atoms with van der Waals surface area (Å²) in [6.07, 6.45) is 5.34. The Labute approximate surface area is 167 Å². The van der Waals surface area contributed by atoms with Gasteiger partial charge in [-0.2, -0.15) is 10.4 Å². The smallest absolute Gasteiger partial charge is 0.187 e. The predicted molar refractivity (Wildman–Crippen MR) is 108 cm³/mol. The van der Waals surface area contributed by atoms with Gasteiger partial charge in [-0.25, -0.2) is 0 Å². The van der Waals surface area contributed by atoms with Crippen LogP contribution in [0.5, 0.6) is 0 Å². The maximum absolute atomic E-state index is 12.5. The van der Waals surface area contributed by atoms with Crippen LogP contribution in [0.2, 0.25) is 10.0 Å². The third kappa shape index (κ3) is 4.65. The summed E-state index contributed by atoms with van der Waals surface area (Å²) >= 11 is 12.1. The minimum atomic E-state index is -0.244. The average Bonchev–Trinajstić information content (AvgIpc) is 3.10. The first-order valence-corrected chi connectivity index (χ1v) is 9.01. The van der Waals surface area contributed by atoms with E-state index in [0.29, 0.717) is 28.6 Å². The Morgan fingerprint density at radius 2 is 1.96 bits per heavy atom. The van der Waals surface area contributed by atoms with Gasteiger partial charge in [0.15, 0.2) is 5.78 Å². The van der Waals surface area contributed by atoms with Crippen molar-refractivity contribution in [1.82, 2.24) is 9.78 Å². The molecular formula is C21H15Cl2N3O. The minimum absolute atomic E-state index is 0.244. The fraction of sp³-hybridized carbons (Fsp3) is 0.0952. The highest BCUT2D eigenvalue weighted by atomic mass is 35.5. The molecule has 0 N–H and O–H groups in total. The first kappa shape index (κ1) is 18.9. The van der Waals surface area contributed by atoms with Gasteiger partial charge in [0.05, 0.1) is 29.8 Å². The molecule has 134 valence electrons. The van der Waals surface area contributed by atoms with Gasteiger partial charge in [0.25, 0.3) is 0 Å². The Balaban J connectivity index is 1.94. The fourth-order valence-electron chi connectivity index (χ4n) is 2.60. The van der Waals surface area contributed by atoms with Crippen LogP contribution in [0, 0.1) is 11.3 Å². The molecule has 0 atom stereocenters. The number of nitrogens with zero attached hydrogens (tertiary/aromatic N) is 3. The quantitative estimate of drug-likeness (QED) is 0.399. The fourth-order valence-corrected chi connectivity index (χ4v) is 2.98. The lowest BCUT2D eigenvalue weighted by molar-refractivity contribution is 0.104. The van der Waals surface area contributed by atoms with Crippen LogP contribution < -0.4 is 0 Å². The van der Waals surface area contributed by atoms with Crippen LogP contribution in [-0.4, -0.2) is 15.6 Å². The first-order valence-electron chi connectivity index (χ1n) is 8.26. The van der Waals surface area contributed by atoms with E-state index in [1.165, 1.54) is 6.08 Å². The molecule has 0 bridgehead atoms. The number of carbonyl (C=O) groups is 1. The second-order valence-corrected chi connectivity index (χ2v) is 6.64. The monoisotopic (exact) mass is 395 g/mol. The Morgan fingerprint density at radius 3 is 2.70 bits per heavy atom. The van der Waals surface area contributed by atoms with Crippen LogP contribution in [0.4, 0.5) is 0 Å². The van der Waals surface area contributed by atoms with Crippen molar-refractivity contribution in [3.8, 4) is 17.3 Å². The van der Waals surface area contributed by atoms with Crippen molar-refractivity contribution in [3.05, 3.63) is 82.0 Å². The second kappa shape index (κ2) is 8.68. The molecule has 0 aliphatic heterocycles. The Bertz CT molecular complexity index is 1030. The van der Waals surface area contributed by atoms with Crippen LogP contribution in [-0.2, 0) is 6.54 Å². The molecule has 1 heterocycles. The highest BCUT2D eigenvalue weighted by molar-refractivity contribution is 6.36. The van der Waals surface area contributed by atoms with Gasteiger partial charge in [-0.3, -0.25) is 9.48 Å². The van der Waals surface area contributed by atoms with Gasteiger partial charge in [0.1, 0.15) is 0 Å². The lowest BCUT2D eigenvalue weighted by Crippen LogP contribution is -1.97. The van der Waals surface area contributed by atoms with E-state index in [4.69, 9.17) is 28.5 Å². The van der Waals surface area contributed by atoms with Gasteiger partial charge in [-0.15, -0.1) is 0 Å². The molecular weight excluding hydrogens is 381 g/mol. The third-order valence-corrected chi connectivity index (χ3v) is 4.46. The highest BCUT2D eigenvalue weighted by Crippen LogP contribution is 2.25. The number of hydrogen-bond donors (Lipinski definition) is 0. The number of rotatable bonds is 6. The highest BCUT2D eigenvalue weighted by Gasteiger charge is 2.11. The third-order valence-electron chi connectivity index (χ3n) is 3.90. The molecule has 27 heavy (non-hydrogen) atoms. The Kier molecular flexibility index (Phi) is 6.08. The van der Waals surface area contributed by atoms with E-state index in [9.17, 15) is 4.79 Å². The minimum Gasteiger partial charge on any atom is -0.289 e. The maximum Gasteiger partial charge on any atom is 0.187 e. The molecule has 0 saturated heterocycles. The summed E-state index contributed by atoms with van der Waals surface area (Å²) in [6, 6.07) is 16.6. The lowest BCUT2D eigenvalue weighted by Gasteiger charge is -2.01. The van der Waals surface area contributed by atoms with Gasteiger partial charge >= 0.3 is 0 Å². The molecule has 1 aromatic heterocycles. The topological polar surface area (TPSA) is 58.7 Å². The van der Waals surface area contributed by atoms with Crippen molar-refractivity contribution in [2.24, 2.45) is 0 Å². The molecule has 3 rings (SSSR count). The number of benzene rings is 2. The molecule has 4 nitrogen and oxygen atoms in total. The summed E-state index contributed by atoms with van der Waals surface area (Å²) in [4.78, 5) is 12.5. The predicted octanol–water partition coefficient (Wildman–Crippen LogP) is 5.67. The van der Waals surface area contributed by atoms with Crippen LogP contribution in [0.25, 0.3) is 17.3 Å². The molecule has 0 aliphatic rings. The molecule has 2 aromatic carbocycles. The number of hydrogen-bond acceptors (Lipinski definition) is 3. The number of halogens is 2. The van der Waals surface area contributed by atoms with Gasteiger partial charge in [0.2, 0.25) is 0 Å². The molecule has 0 radical (unpaired) electrons. The van der Waals surface area contributed by atoms with Crippen molar-refractivity contribution >= 4 is 35.1 Å². The first-order chi connectivity index (χ1) is 13.1. The summed E-state index contributed by atoms with van der Waals surface area (Å²) in [5, 5.41) is 14.2. The molecule has 0 fully saturated rings. The number of ketones is 1. The van der Waals surface area contributed by atoms with Gasteiger partial charge < -0.3 is 0 Å². The van der Waals surface area contributed by atoms with Crippen molar-refractivity contribution in [2.45, 2.75) is 13.0 Å². The standard InChI is InChI=1S/C21H15Cl2N3O/c22-17-8-9-19(23)18(13-17)20(27)10-7-16-14-26(12-4-11-24)25-21(16)15-5-2-1-3-6-15/h1-3,5-10,13-14H,4,12H2/b10-7+. The van der Waals surface area contributed by atoms with Crippen LogP contribution >= 0.6 is 23.2 Å². The van der Waals surface area contributed by atoms with E-state index in [1.54, 1.807) is 29.0 Å². The summed E-state index contributed by atoms with van der Waals surface area (Å²) < 4.78 is 1.71. The van der Waals surface area contributed by atoms with Crippen LogP contribution in [0.3, 0.4) is 0 Å². The molecule has 0 spiro atoms. The molecule has 0 saturated carbocycles. The summed E-state index contributed by atoms with van der Waals surface area (Å²) in [5.74, 6) is -0.244. The van der Waals surface area contributed by atoms with Crippen molar-refractivity contribution in [2.75, 3.05) is 0 Å². The van der Waals surface area contributed by atoms with E-state index >= 15 is 0 Å². The SMILES string of the molecule is N#CCCn1cc(/C=C/C(=O)c2cc(Cl)ccc2Cl)c(-c2ccccc2)n1. The van der Waals surface area contributed by atoms with E-state index in [-0.39, 0.29) is 5.78 Å². The zero-order valence-corrected chi connectivity index (χ0v) is 15.8. The van der Waals surface area contributed by atoms with Crippen LogP contribution in [0.1, 0.15) is 22.3 Å². The zero-order chi connectivity index (χ0) is 19.2. The molecule has 0 amide bonds. The zero-order valence-electron chi connectivity index (χ0n) is 14.3. The maximum atomic E-state index is 12.5. The number of aromatic nitrogens is 2. The summed E-state index contributed by atoms with van der Waals surface area (Å²) in [5.41, 5.74) is 2.81.